The molecule has 3 heterocycles. The van der Waals surface area contributed by atoms with Crippen LogP contribution >= 0.6 is 15.9 Å². The van der Waals surface area contributed by atoms with Crippen molar-refractivity contribution in [2.45, 2.75) is 18.9 Å². The van der Waals surface area contributed by atoms with Crippen LogP contribution in [0.1, 0.15) is 39.7 Å². The summed E-state index contributed by atoms with van der Waals surface area (Å²) in [5.41, 5.74) is 5.67. The number of aromatic amines is 1. The van der Waals surface area contributed by atoms with Crippen molar-refractivity contribution in [2.24, 2.45) is 0 Å². The monoisotopic (exact) mass is 514 g/mol. The Kier molecular flexibility index (Phi) is 4.64. The van der Waals surface area contributed by atoms with Crippen LogP contribution in [0.3, 0.4) is 0 Å². The molecule has 0 fully saturated rings. The van der Waals surface area contributed by atoms with Gasteiger partial charge in [0, 0.05) is 38.6 Å². The Labute approximate surface area is 205 Å². The number of allylic oxidation sites excluding steroid dienone is 1. The Morgan fingerprint density at radius 1 is 1.18 bits per heavy atom. The number of aromatic nitrogens is 1. The highest BCUT2D eigenvalue weighted by Gasteiger charge is 2.53. The predicted octanol–water partition coefficient (Wildman–Crippen LogP) is 6.00. The van der Waals surface area contributed by atoms with Gasteiger partial charge in [0.2, 0.25) is 0 Å². The molecule has 0 radical (unpaired) electrons. The summed E-state index contributed by atoms with van der Waals surface area (Å²) in [6, 6.07) is 19.3. The van der Waals surface area contributed by atoms with E-state index in [2.05, 4.69) is 39.1 Å². The van der Waals surface area contributed by atoms with E-state index in [0.29, 0.717) is 23.4 Å². The molecule has 1 aromatic heterocycles. The molecule has 0 saturated heterocycles. The van der Waals surface area contributed by atoms with E-state index in [4.69, 9.17) is 4.74 Å². The molecule has 170 valence electrons. The maximum absolute atomic E-state index is 13.6. The number of rotatable bonds is 3. The third kappa shape index (κ3) is 2.81. The molecular weight excluding hydrogens is 492 g/mol. The van der Waals surface area contributed by atoms with Crippen molar-refractivity contribution >= 4 is 38.3 Å². The Morgan fingerprint density at radius 3 is 2.82 bits per heavy atom. The molecule has 34 heavy (non-hydrogen) atoms. The van der Waals surface area contributed by atoms with E-state index in [1.54, 1.807) is 19.2 Å². The van der Waals surface area contributed by atoms with Gasteiger partial charge in [-0.05, 0) is 73.0 Å². The largest absolute Gasteiger partial charge is 0.507 e. The minimum absolute atomic E-state index is 0.0278. The van der Waals surface area contributed by atoms with Gasteiger partial charge in [-0.15, -0.1) is 0 Å². The molecule has 0 bridgehead atoms. The van der Waals surface area contributed by atoms with E-state index in [-0.39, 0.29) is 11.7 Å². The standard InChI is InChI=1S/C28H23BrN2O3/c1-16(21-14-18(34-2)8-10-25(21)32)15-28-23-6-4-3-5-20(23)27(33)31(28)12-11-19-22-13-17(29)7-9-24(22)30-26(19)28/h3-10,13-15,30,32H,11-12H2,1-2H3/t28-/m0/s1. The van der Waals surface area contributed by atoms with Crippen LogP contribution in [0.15, 0.2) is 71.2 Å². The van der Waals surface area contributed by atoms with Gasteiger partial charge < -0.3 is 19.7 Å². The quantitative estimate of drug-likeness (QED) is 0.352. The van der Waals surface area contributed by atoms with Gasteiger partial charge in [0.15, 0.2) is 0 Å². The number of H-pyrrole nitrogens is 1. The van der Waals surface area contributed by atoms with Crippen molar-refractivity contribution < 1.29 is 14.6 Å². The fourth-order valence-corrected chi connectivity index (χ4v) is 5.97. The van der Waals surface area contributed by atoms with Gasteiger partial charge in [-0.2, -0.15) is 0 Å². The number of carbonyl (C=O) groups excluding carboxylic acids is 1. The SMILES string of the molecule is COc1ccc(O)c(C(C)=C[C@@]23c4ccccc4C(=O)N2CCc2c3[nH]c3ccc(Br)cc23)c1. The summed E-state index contributed by atoms with van der Waals surface area (Å²) in [5, 5.41) is 11.8. The van der Waals surface area contributed by atoms with Crippen LogP contribution in [0.5, 0.6) is 11.5 Å². The van der Waals surface area contributed by atoms with Gasteiger partial charge in [-0.1, -0.05) is 34.1 Å². The second-order valence-corrected chi connectivity index (χ2v) is 9.81. The van der Waals surface area contributed by atoms with Gasteiger partial charge in [0.05, 0.1) is 12.8 Å². The first-order valence-corrected chi connectivity index (χ1v) is 12.0. The molecule has 0 aliphatic carbocycles. The van der Waals surface area contributed by atoms with Crippen LogP contribution in [-0.2, 0) is 12.0 Å². The summed E-state index contributed by atoms with van der Waals surface area (Å²) >= 11 is 3.61. The van der Waals surface area contributed by atoms with Crippen LogP contribution in [0, 0.1) is 0 Å². The zero-order chi connectivity index (χ0) is 23.6. The molecule has 0 saturated carbocycles. The molecule has 0 spiro atoms. The van der Waals surface area contributed by atoms with Crippen LogP contribution in [0.25, 0.3) is 16.5 Å². The van der Waals surface area contributed by atoms with E-state index < -0.39 is 5.54 Å². The number of methoxy groups -OCH3 is 1. The van der Waals surface area contributed by atoms with Crippen LogP contribution in [-0.4, -0.2) is 34.6 Å². The van der Waals surface area contributed by atoms with Crippen molar-refractivity contribution in [1.29, 1.82) is 0 Å². The molecule has 4 aromatic rings. The maximum atomic E-state index is 13.6. The Balaban J connectivity index is 1.68. The number of hydrogen-bond donors (Lipinski definition) is 2. The minimum atomic E-state index is -0.799. The van der Waals surface area contributed by atoms with E-state index in [1.807, 2.05) is 48.2 Å². The number of benzene rings is 3. The third-order valence-electron chi connectivity index (χ3n) is 7.13. The summed E-state index contributed by atoms with van der Waals surface area (Å²) in [4.78, 5) is 19.2. The number of ether oxygens (including phenoxy) is 1. The van der Waals surface area contributed by atoms with Crippen molar-refractivity contribution in [3.05, 3.63) is 99.2 Å². The van der Waals surface area contributed by atoms with Gasteiger partial charge in [0.25, 0.3) is 5.91 Å². The number of hydrogen-bond acceptors (Lipinski definition) is 3. The van der Waals surface area contributed by atoms with E-state index >= 15 is 0 Å². The molecule has 6 heteroatoms. The lowest BCUT2D eigenvalue weighted by Gasteiger charge is -2.41. The molecular formula is C28H23BrN2O3. The maximum Gasteiger partial charge on any atom is 0.255 e. The smallest absolute Gasteiger partial charge is 0.255 e. The fraction of sp³-hybridized carbons (Fsp3) is 0.179. The highest BCUT2D eigenvalue weighted by Crippen LogP contribution is 2.51. The van der Waals surface area contributed by atoms with Gasteiger partial charge in [-0.3, -0.25) is 4.79 Å². The number of amides is 1. The first-order valence-electron chi connectivity index (χ1n) is 11.2. The highest BCUT2D eigenvalue weighted by molar-refractivity contribution is 9.10. The number of phenols is 1. The number of carbonyl (C=O) groups is 1. The highest BCUT2D eigenvalue weighted by atomic mass is 79.9. The van der Waals surface area contributed by atoms with Crippen LogP contribution < -0.4 is 4.74 Å². The topological polar surface area (TPSA) is 65.6 Å². The lowest BCUT2D eigenvalue weighted by atomic mass is 9.79. The summed E-state index contributed by atoms with van der Waals surface area (Å²) in [7, 11) is 1.61. The minimum Gasteiger partial charge on any atom is -0.507 e. The zero-order valence-electron chi connectivity index (χ0n) is 18.9. The molecule has 5 nitrogen and oxygen atoms in total. The van der Waals surface area contributed by atoms with E-state index in [1.165, 1.54) is 5.56 Å². The molecule has 6 rings (SSSR count). The van der Waals surface area contributed by atoms with Crippen LogP contribution in [0.4, 0.5) is 0 Å². The summed E-state index contributed by atoms with van der Waals surface area (Å²) in [5.74, 6) is 0.865. The van der Waals surface area contributed by atoms with Crippen molar-refractivity contribution in [3.63, 3.8) is 0 Å². The molecule has 2 N–H and O–H groups in total. The van der Waals surface area contributed by atoms with Crippen molar-refractivity contribution in [3.8, 4) is 11.5 Å². The number of fused-ring (bicyclic) bond motifs is 7. The van der Waals surface area contributed by atoms with Gasteiger partial charge in [0.1, 0.15) is 17.0 Å². The Hall–Kier alpha value is -3.51. The van der Waals surface area contributed by atoms with Crippen LogP contribution in [0.2, 0.25) is 0 Å². The number of phenolic OH excluding ortho intramolecular Hbond substituents is 1. The summed E-state index contributed by atoms with van der Waals surface area (Å²) in [6.45, 7) is 2.58. The Morgan fingerprint density at radius 2 is 2.00 bits per heavy atom. The second-order valence-electron chi connectivity index (χ2n) is 8.90. The number of halogens is 1. The molecule has 2 aliphatic heterocycles. The molecule has 3 aromatic carbocycles. The normalized spacial score (nSPS) is 19.2. The zero-order valence-corrected chi connectivity index (χ0v) is 20.4. The average molecular weight is 515 g/mol. The number of nitrogens with zero attached hydrogens (tertiary/aromatic N) is 1. The summed E-state index contributed by atoms with van der Waals surface area (Å²) < 4.78 is 6.42. The predicted molar refractivity (Wildman–Crippen MR) is 136 cm³/mol. The van der Waals surface area contributed by atoms with Crippen molar-refractivity contribution in [1.82, 2.24) is 9.88 Å². The second kappa shape index (κ2) is 7.50. The molecule has 2 aliphatic rings. The van der Waals surface area contributed by atoms with E-state index in [9.17, 15) is 9.90 Å². The average Bonchev–Trinajstić information content (AvgIpc) is 3.33. The van der Waals surface area contributed by atoms with Gasteiger partial charge >= 0.3 is 0 Å². The molecule has 0 unspecified atom stereocenters. The Bertz CT molecular complexity index is 1520. The molecule has 1 amide bonds. The fourth-order valence-electron chi connectivity index (χ4n) is 5.61. The number of nitrogens with one attached hydrogen (secondary N) is 1. The lowest BCUT2D eigenvalue weighted by Crippen LogP contribution is -2.48. The van der Waals surface area contributed by atoms with E-state index in [0.717, 1.165) is 38.6 Å². The molecule has 1 atom stereocenters. The first kappa shape index (κ1) is 21.1. The van der Waals surface area contributed by atoms with Gasteiger partial charge in [-0.25, -0.2) is 0 Å². The first-order chi connectivity index (χ1) is 16.4. The lowest BCUT2D eigenvalue weighted by molar-refractivity contribution is 0.0666. The van der Waals surface area contributed by atoms with Crippen molar-refractivity contribution in [2.75, 3.05) is 13.7 Å². The third-order valence-corrected chi connectivity index (χ3v) is 7.62. The number of aromatic hydroxyl groups is 1. The summed E-state index contributed by atoms with van der Waals surface area (Å²) in [6.07, 6.45) is 2.89.